The molecule has 0 heterocycles. The molecule has 0 atom stereocenters. The van der Waals surface area contributed by atoms with Crippen molar-refractivity contribution in [3.8, 4) is 0 Å². The van der Waals surface area contributed by atoms with E-state index in [0.717, 1.165) is 5.56 Å². The second kappa shape index (κ2) is 11.1. The van der Waals surface area contributed by atoms with Crippen molar-refractivity contribution in [3.05, 3.63) is 35.4 Å². The second-order valence-electron chi connectivity index (χ2n) is 4.92. The summed E-state index contributed by atoms with van der Waals surface area (Å²) in [6.07, 6.45) is -5.13. The molecule has 24 heavy (non-hydrogen) atoms. The number of guanidine groups is 1. The number of aryl methyl sites for hydroxylation is 1. The third kappa shape index (κ3) is 9.58. The fourth-order valence-electron chi connectivity index (χ4n) is 1.79. The fraction of sp³-hybridized carbons (Fsp3) is 0.467. The molecule has 0 spiro atoms. The standard InChI is InChI=1S/C15H21F3N4O.HI/c1-11-4-3-5-12(10-11)13(23)20-8-9-22-14(19-2)21-7-6-15(16,17)18;/h3-5,10H,6-9H2,1-2H3,(H,20,23)(H2,19,21,22);1H. The summed E-state index contributed by atoms with van der Waals surface area (Å²) < 4.78 is 36.1. The zero-order chi connectivity index (χ0) is 17.3. The molecule has 0 aromatic heterocycles. The first-order valence-electron chi connectivity index (χ1n) is 7.18. The average molecular weight is 458 g/mol. The first-order valence-corrected chi connectivity index (χ1v) is 7.18. The van der Waals surface area contributed by atoms with Crippen molar-refractivity contribution in [2.75, 3.05) is 26.7 Å². The number of amides is 1. The van der Waals surface area contributed by atoms with E-state index in [1.807, 2.05) is 13.0 Å². The summed E-state index contributed by atoms with van der Waals surface area (Å²) in [5.74, 6) is 0.0644. The van der Waals surface area contributed by atoms with E-state index in [2.05, 4.69) is 20.9 Å². The van der Waals surface area contributed by atoms with E-state index in [0.29, 0.717) is 18.7 Å². The number of nitrogens with zero attached hydrogens (tertiary/aromatic N) is 1. The first kappa shape index (κ1) is 22.5. The molecule has 0 unspecified atom stereocenters. The predicted octanol–water partition coefficient (Wildman–Crippen LogP) is 2.46. The van der Waals surface area contributed by atoms with Gasteiger partial charge in [0.2, 0.25) is 0 Å². The van der Waals surface area contributed by atoms with Crippen LogP contribution >= 0.6 is 24.0 Å². The maximum absolute atomic E-state index is 12.0. The lowest BCUT2D eigenvalue weighted by Crippen LogP contribution is -2.42. The van der Waals surface area contributed by atoms with Gasteiger partial charge in [-0.25, -0.2) is 0 Å². The minimum absolute atomic E-state index is 0. The van der Waals surface area contributed by atoms with Crippen molar-refractivity contribution in [1.29, 1.82) is 0 Å². The molecule has 0 saturated heterocycles. The van der Waals surface area contributed by atoms with E-state index in [4.69, 9.17) is 0 Å². The molecule has 0 radical (unpaired) electrons. The van der Waals surface area contributed by atoms with Crippen LogP contribution in [0.2, 0.25) is 0 Å². The normalized spacial score (nSPS) is 11.5. The largest absolute Gasteiger partial charge is 0.390 e. The topological polar surface area (TPSA) is 65.5 Å². The van der Waals surface area contributed by atoms with Gasteiger partial charge in [-0.1, -0.05) is 17.7 Å². The van der Waals surface area contributed by atoms with Gasteiger partial charge in [0.25, 0.3) is 5.91 Å². The van der Waals surface area contributed by atoms with Crippen molar-refractivity contribution >= 4 is 35.8 Å². The van der Waals surface area contributed by atoms with E-state index < -0.39 is 12.6 Å². The Labute approximate surface area is 156 Å². The maximum Gasteiger partial charge on any atom is 0.390 e. The third-order valence-corrected chi connectivity index (χ3v) is 2.91. The Morgan fingerprint density at radius 3 is 2.33 bits per heavy atom. The second-order valence-corrected chi connectivity index (χ2v) is 4.92. The first-order chi connectivity index (χ1) is 10.8. The van der Waals surface area contributed by atoms with Crippen LogP contribution in [-0.4, -0.2) is 44.7 Å². The van der Waals surface area contributed by atoms with Crippen LogP contribution in [0.25, 0.3) is 0 Å². The minimum atomic E-state index is -4.20. The van der Waals surface area contributed by atoms with Crippen LogP contribution < -0.4 is 16.0 Å². The van der Waals surface area contributed by atoms with Gasteiger partial charge >= 0.3 is 6.18 Å². The zero-order valence-electron chi connectivity index (χ0n) is 13.5. The number of hydrogen-bond donors (Lipinski definition) is 3. The summed E-state index contributed by atoms with van der Waals surface area (Å²) in [7, 11) is 1.47. The summed E-state index contributed by atoms with van der Waals surface area (Å²) in [4.78, 5) is 15.7. The van der Waals surface area contributed by atoms with Gasteiger partial charge in [-0.3, -0.25) is 9.79 Å². The molecule has 0 saturated carbocycles. The summed E-state index contributed by atoms with van der Waals surface area (Å²) in [6, 6.07) is 7.19. The Bertz CT molecular complexity index is 550. The number of nitrogens with one attached hydrogen (secondary N) is 3. The Kier molecular flexibility index (Phi) is 10.4. The molecule has 136 valence electrons. The molecule has 0 aliphatic heterocycles. The molecule has 1 rings (SSSR count). The fourth-order valence-corrected chi connectivity index (χ4v) is 1.79. The number of rotatable bonds is 6. The molecule has 0 fully saturated rings. The highest BCUT2D eigenvalue weighted by Gasteiger charge is 2.26. The van der Waals surface area contributed by atoms with Crippen molar-refractivity contribution in [2.24, 2.45) is 4.99 Å². The van der Waals surface area contributed by atoms with Crippen LogP contribution in [0.1, 0.15) is 22.3 Å². The zero-order valence-corrected chi connectivity index (χ0v) is 15.9. The van der Waals surface area contributed by atoms with Gasteiger partial charge < -0.3 is 16.0 Å². The number of carbonyl (C=O) groups excluding carboxylic acids is 1. The van der Waals surface area contributed by atoms with Gasteiger partial charge in [-0.2, -0.15) is 13.2 Å². The van der Waals surface area contributed by atoms with Gasteiger partial charge in [-0.05, 0) is 19.1 Å². The molecule has 1 aromatic rings. The summed E-state index contributed by atoms with van der Waals surface area (Å²) >= 11 is 0. The molecule has 0 bridgehead atoms. The highest BCUT2D eigenvalue weighted by Crippen LogP contribution is 2.17. The van der Waals surface area contributed by atoms with Crippen LogP contribution in [0.3, 0.4) is 0 Å². The van der Waals surface area contributed by atoms with Crippen LogP contribution in [0, 0.1) is 6.92 Å². The Morgan fingerprint density at radius 1 is 1.12 bits per heavy atom. The smallest absolute Gasteiger partial charge is 0.356 e. The van der Waals surface area contributed by atoms with Gasteiger partial charge in [0, 0.05) is 32.2 Å². The quantitative estimate of drug-likeness (QED) is 0.266. The summed E-state index contributed by atoms with van der Waals surface area (Å²) in [6.45, 7) is 2.32. The van der Waals surface area contributed by atoms with Gasteiger partial charge in [-0.15, -0.1) is 24.0 Å². The monoisotopic (exact) mass is 458 g/mol. The summed E-state index contributed by atoms with van der Waals surface area (Å²) in [5.41, 5.74) is 1.56. The lowest BCUT2D eigenvalue weighted by atomic mass is 10.1. The number of alkyl halides is 3. The number of hydrogen-bond acceptors (Lipinski definition) is 2. The van der Waals surface area contributed by atoms with Crippen LogP contribution in [0.4, 0.5) is 13.2 Å². The highest BCUT2D eigenvalue weighted by atomic mass is 127. The third-order valence-electron chi connectivity index (χ3n) is 2.91. The number of carbonyl (C=O) groups is 1. The molecule has 9 heteroatoms. The van der Waals surface area contributed by atoms with Gasteiger partial charge in [0.15, 0.2) is 5.96 Å². The number of aliphatic imine (C=N–C) groups is 1. The van der Waals surface area contributed by atoms with E-state index in [1.54, 1.807) is 18.2 Å². The Morgan fingerprint density at radius 2 is 1.75 bits per heavy atom. The Balaban J connectivity index is 0.00000529. The highest BCUT2D eigenvalue weighted by molar-refractivity contribution is 14.0. The molecule has 0 aliphatic rings. The molecular weight excluding hydrogens is 436 g/mol. The van der Waals surface area contributed by atoms with Gasteiger partial charge in [0.05, 0.1) is 6.42 Å². The van der Waals surface area contributed by atoms with E-state index in [-0.39, 0.29) is 42.4 Å². The van der Waals surface area contributed by atoms with Crippen LogP contribution in [0.15, 0.2) is 29.3 Å². The van der Waals surface area contributed by atoms with Crippen molar-refractivity contribution in [2.45, 2.75) is 19.5 Å². The van der Waals surface area contributed by atoms with Crippen molar-refractivity contribution in [3.63, 3.8) is 0 Å². The van der Waals surface area contributed by atoms with Crippen LogP contribution in [-0.2, 0) is 0 Å². The maximum atomic E-state index is 12.0. The van der Waals surface area contributed by atoms with E-state index in [1.165, 1.54) is 7.05 Å². The number of halogens is 4. The summed E-state index contributed by atoms with van der Waals surface area (Å²) in [5, 5.41) is 8.11. The minimum Gasteiger partial charge on any atom is -0.356 e. The van der Waals surface area contributed by atoms with Crippen molar-refractivity contribution < 1.29 is 18.0 Å². The number of benzene rings is 1. The van der Waals surface area contributed by atoms with E-state index in [9.17, 15) is 18.0 Å². The SMILES string of the molecule is CN=C(NCCNC(=O)c1cccc(C)c1)NCCC(F)(F)F.I. The molecule has 5 nitrogen and oxygen atoms in total. The molecular formula is C15H22F3IN4O. The molecule has 0 aliphatic carbocycles. The molecule has 1 amide bonds. The lowest BCUT2D eigenvalue weighted by molar-refractivity contribution is -0.132. The Hall–Kier alpha value is -1.52. The molecule has 1 aromatic carbocycles. The van der Waals surface area contributed by atoms with E-state index >= 15 is 0 Å². The van der Waals surface area contributed by atoms with Gasteiger partial charge in [0.1, 0.15) is 0 Å². The predicted molar refractivity (Wildman–Crippen MR) is 99.0 cm³/mol. The van der Waals surface area contributed by atoms with Crippen LogP contribution in [0.5, 0.6) is 0 Å². The van der Waals surface area contributed by atoms with Crippen molar-refractivity contribution in [1.82, 2.24) is 16.0 Å². The molecule has 3 N–H and O–H groups in total. The average Bonchev–Trinajstić information content (AvgIpc) is 2.48. The lowest BCUT2D eigenvalue weighted by Gasteiger charge is -2.13.